The molecule has 1 aliphatic carbocycles. The van der Waals surface area contributed by atoms with Gasteiger partial charge < -0.3 is 15.5 Å². The van der Waals surface area contributed by atoms with Gasteiger partial charge in [-0.05, 0) is 19.8 Å². The quantitative estimate of drug-likeness (QED) is 0.711. The number of nitrogens with zero attached hydrogens (tertiary/aromatic N) is 2. The predicted octanol–water partition coefficient (Wildman–Crippen LogP) is 0.603. The number of anilines is 1. The highest BCUT2D eigenvalue weighted by Gasteiger charge is 2.47. The van der Waals surface area contributed by atoms with Crippen LogP contribution in [0.5, 0.6) is 0 Å². The highest BCUT2D eigenvalue weighted by molar-refractivity contribution is 5.84. The molecule has 2 aromatic heterocycles. The molecule has 1 aliphatic rings. The van der Waals surface area contributed by atoms with Crippen LogP contribution in [-0.4, -0.2) is 32.5 Å². The molecule has 2 heterocycles. The van der Waals surface area contributed by atoms with Crippen molar-refractivity contribution < 1.29 is 9.53 Å². The smallest absolute Gasteiger partial charge is 0.319 e. The highest BCUT2D eigenvalue weighted by atomic mass is 16.5. The number of rotatable bonds is 3. The van der Waals surface area contributed by atoms with Crippen LogP contribution in [0.1, 0.15) is 38.4 Å². The number of imidazole rings is 1. The number of hydrogen-bond acceptors (Lipinski definition) is 6. The molecule has 0 aliphatic heterocycles. The molecule has 3 rings (SSSR count). The summed E-state index contributed by atoms with van der Waals surface area (Å²) in [5.41, 5.74) is 4.77. The molecule has 21 heavy (non-hydrogen) atoms. The lowest BCUT2D eigenvalue weighted by Crippen LogP contribution is -2.36. The van der Waals surface area contributed by atoms with Crippen molar-refractivity contribution in [1.82, 2.24) is 19.9 Å². The van der Waals surface area contributed by atoms with Gasteiger partial charge in [-0.3, -0.25) is 14.6 Å². The van der Waals surface area contributed by atoms with Crippen LogP contribution in [0.15, 0.2) is 4.79 Å². The zero-order valence-corrected chi connectivity index (χ0v) is 11.7. The molecule has 0 unspecified atom stereocenters. The van der Waals surface area contributed by atoms with Crippen LogP contribution < -0.4 is 11.3 Å². The van der Waals surface area contributed by atoms with E-state index in [2.05, 4.69) is 19.9 Å². The molecule has 0 bridgehead atoms. The van der Waals surface area contributed by atoms with Crippen LogP contribution in [0.4, 0.5) is 5.95 Å². The first-order chi connectivity index (χ1) is 10.1. The third-order valence-corrected chi connectivity index (χ3v) is 3.96. The fourth-order valence-electron chi connectivity index (χ4n) is 2.94. The second-order valence-electron chi connectivity index (χ2n) is 5.24. The molecule has 0 saturated heterocycles. The number of nitrogens with one attached hydrogen (secondary N) is 2. The monoisotopic (exact) mass is 291 g/mol. The second-order valence-corrected chi connectivity index (χ2v) is 5.24. The predicted molar refractivity (Wildman–Crippen MR) is 75.7 cm³/mol. The van der Waals surface area contributed by atoms with E-state index in [1.165, 1.54) is 0 Å². The van der Waals surface area contributed by atoms with E-state index in [1.807, 2.05) is 0 Å². The van der Waals surface area contributed by atoms with Crippen molar-refractivity contribution in [2.24, 2.45) is 0 Å². The Morgan fingerprint density at radius 3 is 2.71 bits per heavy atom. The lowest BCUT2D eigenvalue weighted by atomic mass is 9.85. The van der Waals surface area contributed by atoms with E-state index < -0.39 is 11.0 Å². The normalized spacial score (nSPS) is 17.2. The number of H-pyrrole nitrogens is 2. The van der Waals surface area contributed by atoms with Crippen molar-refractivity contribution in [1.29, 1.82) is 0 Å². The summed E-state index contributed by atoms with van der Waals surface area (Å²) >= 11 is 0. The Balaban J connectivity index is 2.14. The van der Waals surface area contributed by atoms with Gasteiger partial charge in [0.25, 0.3) is 5.56 Å². The molecule has 1 fully saturated rings. The van der Waals surface area contributed by atoms with Gasteiger partial charge in [-0.2, -0.15) is 4.98 Å². The average Bonchev–Trinajstić information content (AvgIpc) is 3.05. The van der Waals surface area contributed by atoms with Gasteiger partial charge in [0, 0.05) is 0 Å². The molecular weight excluding hydrogens is 274 g/mol. The number of nitrogen functional groups attached to an aromatic ring is 1. The summed E-state index contributed by atoms with van der Waals surface area (Å²) in [4.78, 5) is 37.9. The van der Waals surface area contributed by atoms with Gasteiger partial charge in [0.15, 0.2) is 11.2 Å². The number of nitrogens with two attached hydrogens (primary N) is 1. The third-order valence-electron chi connectivity index (χ3n) is 3.96. The molecule has 0 aromatic carbocycles. The van der Waals surface area contributed by atoms with Gasteiger partial charge in [-0.25, -0.2) is 4.98 Å². The second kappa shape index (κ2) is 4.87. The summed E-state index contributed by atoms with van der Waals surface area (Å²) in [6.45, 7) is 2.08. The van der Waals surface area contributed by atoms with Gasteiger partial charge in [0.2, 0.25) is 5.95 Å². The summed E-state index contributed by atoms with van der Waals surface area (Å²) in [6.07, 6.45) is 3.14. The topological polar surface area (TPSA) is 127 Å². The molecule has 8 nitrogen and oxygen atoms in total. The molecular formula is C13H17N5O3. The maximum absolute atomic E-state index is 12.4. The molecule has 0 radical (unpaired) electrons. The first-order valence-electron chi connectivity index (χ1n) is 7.00. The lowest BCUT2D eigenvalue weighted by Gasteiger charge is -2.23. The van der Waals surface area contributed by atoms with Crippen LogP contribution >= 0.6 is 0 Å². The Kier molecular flexibility index (Phi) is 3.15. The maximum Gasteiger partial charge on any atom is 0.319 e. The number of hydrogen-bond donors (Lipinski definition) is 3. The van der Waals surface area contributed by atoms with Crippen molar-refractivity contribution >= 4 is 23.1 Å². The third kappa shape index (κ3) is 2.07. The minimum Gasteiger partial charge on any atom is -0.465 e. The fraction of sp³-hybridized carbons (Fsp3) is 0.538. The van der Waals surface area contributed by atoms with Gasteiger partial charge in [0.1, 0.15) is 11.2 Å². The van der Waals surface area contributed by atoms with Crippen molar-refractivity contribution in [2.45, 2.75) is 38.0 Å². The zero-order valence-electron chi connectivity index (χ0n) is 11.7. The number of carbonyl (C=O) groups is 1. The summed E-state index contributed by atoms with van der Waals surface area (Å²) in [6, 6.07) is 0. The number of ether oxygens (including phenoxy) is 1. The van der Waals surface area contributed by atoms with E-state index in [9.17, 15) is 9.59 Å². The molecule has 112 valence electrons. The first-order valence-corrected chi connectivity index (χ1v) is 7.00. The number of aromatic nitrogens is 4. The minimum atomic E-state index is -0.808. The average molecular weight is 291 g/mol. The van der Waals surface area contributed by atoms with Crippen molar-refractivity contribution in [3.8, 4) is 0 Å². The van der Waals surface area contributed by atoms with Crippen molar-refractivity contribution in [2.75, 3.05) is 12.3 Å². The number of esters is 1. The van der Waals surface area contributed by atoms with Gasteiger partial charge in [0.05, 0.1) is 6.61 Å². The molecule has 4 N–H and O–H groups in total. The standard InChI is InChI=1S/C13H17N5O3/c1-2-21-11(20)13(5-3-4-6-13)10-15-7-8(16-10)17-12(14)18-9(7)19/h2-6H2,1H3,(H4,14,15,16,17,18,19). The van der Waals surface area contributed by atoms with Crippen LogP contribution in [0.2, 0.25) is 0 Å². The Morgan fingerprint density at radius 1 is 1.33 bits per heavy atom. The van der Waals surface area contributed by atoms with E-state index in [0.717, 1.165) is 12.8 Å². The molecule has 0 spiro atoms. The fourth-order valence-corrected chi connectivity index (χ4v) is 2.94. The Hall–Kier alpha value is -2.38. The molecule has 0 amide bonds. The van der Waals surface area contributed by atoms with Crippen LogP contribution in [0.3, 0.4) is 0 Å². The van der Waals surface area contributed by atoms with Crippen LogP contribution in [0, 0.1) is 0 Å². The Bertz CT molecular complexity index is 742. The van der Waals surface area contributed by atoms with Gasteiger partial charge >= 0.3 is 5.97 Å². The van der Waals surface area contributed by atoms with E-state index in [0.29, 0.717) is 25.3 Å². The van der Waals surface area contributed by atoms with E-state index >= 15 is 0 Å². The Morgan fingerprint density at radius 2 is 2.05 bits per heavy atom. The molecule has 2 aromatic rings. The first kappa shape index (κ1) is 13.6. The summed E-state index contributed by atoms with van der Waals surface area (Å²) in [5.74, 6) is 0.144. The number of aromatic amines is 2. The molecule has 0 atom stereocenters. The zero-order chi connectivity index (χ0) is 15.0. The molecule has 1 saturated carbocycles. The minimum absolute atomic E-state index is 0.00200. The van der Waals surface area contributed by atoms with E-state index in [4.69, 9.17) is 10.5 Å². The van der Waals surface area contributed by atoms with E-state index in [1.54, 1.807) is 6.92 Å². The largest absolute Gasteiger partial charge is 0.465 e. The van der Waals surface area contributed by atoms with Crippen molar-refractivity contribution in [3.05, 3.63) is 16.2 Å². The van der Waals surface area contributed by atoms with E-state index in [-0.39, 0.29) is 23.1 Å². The Labute approximate surface area is 120 Å². The van der Waals surface area contributed by atoms with Crippen LogP contribution in [-0.2, 0) is 14.9 Å². The van der Waals surface area contributed by atoms with Gasteiger partial charge in [-0.1, -0.05) is 12.8 Å². The van der Waals surface area contributed by atoms with Gasteiger partial charge in [-0.15, -0.1) is 0 Å². The summed E-state index contributed by atoms with van der Waals surface area (Å²) < 4.78 is 5.20. The molecule has 8 heteroatoms. The van der Waals surface area contributed by atoms with Crippen LogP contribution in [0.25, 0.3) is 11.2 Å². The summed E-state index contributed by atoms with van der Waals surface area (Å²) in [5, 5.41) is 0. The lowest BCUT2D eigenvalue weighted by molar-refractivity contribution is -0.150. The van der Waals surface area contributed by atoms with Crippen molar-refractivity contribution in [3.63, 3.8) is 0 Å². The summed E-state index contributed by atoms with van der Waals surface area (Å²) in [7, 11) is 0. The maximum atomic E-state index is 12.4. The highest BCUT2D eigenvalue weighted by Crippen LogP contribution is 2.41. The SMILES string of the molecule is CCOC(=O)C1(c2nc3nc(N)[nH]c(=O)c3[nH]2)CCCC1. The number of fused-ring (bicyclic) bond motifs is 1. The number of carbonyl (C=O) groups excluding carboxylic acids is 1.